The number of cyclic esters (lactones) is 1. The topological polar surface area (TPSA) is 46.6 Å². The summed E-state index contributed by atoms with van der Waals surface area (Å²) in [6, 6.07) is 1.86. The summed E-state index contributed by atoms with van der Waals surface area (Å²) in [5, 5.41) is 0. The van der Waals surface area contributed by atoms with Gasteiger partial charge >= 0.3 is 5.97 Å². The number of amides is 1. The van der Waals surface area contributed by atoms with Gasteiger partial charge < -0.3 is 4.74 Å². The van der Waals surface area contributed by atoms with Crippen LogP contribution in [0, 0.1) is 29.1 Å². The van der Waals surface area contributed by atoms with E-state index in [0.717, 1.165) is 17.7 Å². The zero-order chi connectivity index (χ0) is 19.9. The van der Waals surface area contributed by atoms with E-state index in [1.54, 1.807) is 11.8 Å². The third-order valence-electron chi connectivity index (χ3n) is 4.97. The molecular weight excluding hydrogens is 358 g/mol. The van der Waals surface area contributed by atoms with E-state index >= 15 is 0 Å². The van der Waals surface area contributed by atoms with E-state index in [4.69, 9.17) is 4.74 Å². The molecule has 3 rings (SSSR count). The van der Waals surface area contributed by atoms with Crippen molar-refractivity contribution in [3.05, 3.63) is 27.5 Å². The monoisotopic (exact) mass is 385 g/mol. The van der Waals surface area contributed by atoms with Crippen molar-refractivity contribution in [2.75, 3.05) is 4.90 Å². The average Bonchev–Trinajstić information content (AvgIpc) is 2.96. The molecule has 1 amide bonds. The highest BCUT2D eigenvalue weighted by Gasteiger charge is 2.40. The quantitative estimate of drug-likeness (QED) is 0.389. The molecule has 0 radical (unpaired) electrons. The maximum absolute atomic E-state index is 13.4. The number of nitrogens with zero attached hydrogens (tertiary/aromatic N) is 1. The Morgan fingerprint density at radius 1 is 1.33 bits per heavy atom. The number of anilines is 1. The van der Waals surface area contributed by atoms with Crippen LogP contribution < -0.4 is 4.90 Å². The fraction of sp³-hybridized carbons (Fsp3) is 0.545. The van der Waals surface area contributed by atoms with Crippen molar-refractivity contribution in [2.24, 2.45) is 17.3 Å². The zero-order valence-electron chi connectivity index (χ0n) is 16.9. The minimum absolute atomic E-state index is 0.0284. The fourth-order valence-electron chi connectivity index (χ4n) is 3.59. The lowest BCUT2D eigenvalue weighted by molar-refractivity contribution is -0.126. The van der Waals surface area contributed by atoms with Gasteiger partial charge in [-0.15, -0.1) is 11.3 Å². The van der Waals surface area contributed by atoms with Crippen LogP contribution >= 0.6 is 11.3 Å². The number of carbonyl (C=O) groups excluding carboxylic acids is 2. The molecule has 0 saturated carbocycles. The summed E-state index contributed by atoms with van der Waals surface area (Å²) in [6.45, 7) is 12.1. The van der Waals surface area contributed by atoms with Gasteiger partial charge in [-0.1, -0.05) is 30.4 Å². The van der Waals surface area contributed by atoms with Crippen LogP contribution in [-0.2, 0) is 9.53 Å². The SMILES string of the molecule is CC1=CC[C@@H](C(=O)N2c3cc(C#CC(C)(C)C)sc3C(=O)OC2C)[C@@H](C)C1. The van der Waals surface area contributed by atoms with Gasteiger partial charge in [0.15, 0.2) is 6.23 Å². The van der Waals surface area contributed by atoms with Gasteiger partial charge in [0.25, 0.3) is 0 Å². The molecule has 0 saturated heterocycles. The maximum Gasteiger partial charge on any atom is 0.352 e. The first kappa shape index (κ1) is 19.7. The summed E-state index contributed by atoms with van der Waals surface area (Å²) in [5.41, 5.74) is 1.85. The number of carbonyl (C=O) groups is 2. The van der Waals surface area contributed by atoms with E-state index < -0.39 is 6.23 Å². The van der Waals surface area contributed by atoms with Crippen LogP contribution in [0.5, 0.6) is 0 Å². The number of thiophene rings is 1. The van der Waals surface area contributed by atoms with Gasteiger partial charge in [0.1, 0.15) is 4.88 Å². The summed E-state index contributed by atoms with van der Waals surface area (Å²) in [5.74, 6) is 6.17. The van der Waals surface area contributed by atoms with Gasteiger partial charge in [-0.3, -0.25) is 9.69 Å². The fourth-order valence-corrected chi connectivity index (χ4v) is 4.47. The van der Waals surface area contributed by atoms with E-state index in [1.807, 2.05) is 26.8 Å². The molecule has 0 spiro atoms. The van der Waals surface area contributed by atoms with Crippen LogP contribution in [0.15, 0.2) is 17.7 Å². The highest BCUT2D eigenvalue weighted by molar-refractivity contribution is 7.15. The molecule has 2 aliphatic rings. The zero-order valence-corrected chi connectivity index (χ0v) is 17.7. The summed E-state index contributed by atoms with van der Waals surface area (Å²) >= 11 is 1.30. The Balaban J connectivity index is 1.96. The first-order chi connectivity index (χ1) is 12.6. The minimum atomic E-state index is -0.602. The molecule has 1 aromatic heterocycles. The van der Waals surface area contributed by atoms with E-state index in [2.05, 4.69) is 31.8 Å². The Labute approximate surface area is 165 Å². The Hall–Kier alpha value is -2.06. The van der Waals surface area contributed by atoms with Gasteiger partial charge in [-0.2, -0.15) is 0 Å². The predicted molar refractivity (Wildman–Crippen MR) is 109 cm³/mol. The van der Waals surface area contributed by atoms with Crippen molar-refractivity contribution in [1.29, 1.82) is 0 Å². The number of hydrogen-bond acceptors (Lipinski definition) is 4. The lowest BCUT2D eigenvalue weighted by Gasteiger charge is -2.37. The van der Waals surface area contributed by atoms with Crippen molar-refractivity contribution in [3.8, 4) is 11.8 Å². The van der Waals surface area contributed by atoms with Gasteiger partial charge in [-0.05, 0) is 59.4 Å². The summed E-state index contributed by atoms with van der Waals surface area (Å²) < 4.78 is 5.47. The molecular formula is C22H27NO3S. The minimum Gasteiger partial charge on any atom is -0.437 e. The van der Waals surface area contributed by atoms with E-state index in [1.165, 1.54) is 16.9 Å². The van der Waals surface area contributed by atoms with Crippen LogP contribution in [0.1, 0.15) is 68.9 Å². The van der Waals surface area contributed by atoms with Crippen molar-refractivity contribution in [1.82, 2.24) is 0 Å². The molecule has 27 heavy (non-hydrogen) atoms. The van der Waals surface area contributed by atoms with Crippen LogP contribution in [0.2, 0.25) is 0 Å². The second-order valence-electron chi connectivity index (χ2n) is 8.61. The number of allylic oxidation sites excluding steroid dienone is 2. The van der Waals surface area contributed by atoms with E-state index in [0.29, 0.717) is 10.6 Å². The molecule has 1 aliphatic heterocycles. The first-order valence-corrected chi connectivity index (χ1v) is 10.2. The van der Waals surface area contributed by atoms with Crippen molar-refractivity contribution in [3.63, 3.8) is 0 Å². The molecule has 3 atom stereocenters. The van der Waals surface area contributed by atoms with Crippen LogP contribution in [-0.4, -0.2) is 18.1 Å². The number of ether oxygens (including phenoxy) is 1. The van der Waals surface area contributed by atoms with Crippen LogP contribution in [0.4, 0.5) is 5.69 Å². The van der Waals surface area contributed by atoms with Crippen LogP contribution in [0.3, 0.4) is 0 Å². The second-order valence-corrected chi connectivity index (χ2v) is 9.66. The van der Waals surface area contributed by atoms with Crippen molar-refractivity contribution in [2.45, 2.75) is 60.6 Å². The molecule has 0 N–H and O–H groups in total. The molecule has 0 aromatic carbocycles. The highest BCUT2D eigenvalue weighted by atomic mass is 32.1. The third kappa shape index (κ3) is 4.11. The summed E-state index contributed by atoms with van der Waals surface area (Å²) in [4.78, 5) is 28.6. The second kappa shape index (κ2) is 7.16. The summed E-state index contributed by atoms with van der Waals surface area (Å²) in [6.07, 6.45) is 3.21. The molecule has 144 valence electrons. The number of hydrogen-bond donors (Lipinski definition) is 0. The molecule has 2 heterocycles. The molecule has 1 unspecified atom stereocenters. The lowest BCUT2D eigenvalue weighted by atomic mass is 9.80. The Morgan fingerprint density at radius 2 is 2.04 bits per heavy atom. The van der Waals surface area contributed by atoms with E-state index in [-0.39, 0.29) is 29.1 Å². The van der Waals surface area contributed by atoms with Crippen molar-refractivity contribution >= 4 is 28.9 Å². The molecule has 5 heteroatoms. The highest BCUT2D eigenvalue weighted by Crippen LogP contribution is 2.39. The Kier molecular flexibility index (Phi) is 5.22. The lowest BCUT2D eigenvalue weighted by Crippen LogP contribution is -2.49. The number of rotatable bonds is 1. The van der Waals surface area contributed by atoms with Gasteiger partial charge in [0.2, 0.25) is 5.91 Å². The molecule has 1 aliphatic carbocycles. The van der Waals surface area contributed by atoms with Crippen molar-refractivity contribution < 1.29 is 14.3 Å². The predicted octanol–water partition coefficient (Wildman–Crippen LogP) is 4.99. The van der Waals surface area contributed by atoms with Gasteiger partial charge in [0, 0.05) is 11.3 Å². The molecule has 1 aromatic rings. The number of esters is 1. The van der Waals surface area contributed by atoms with Crippen LogP contribution in [0.25, 0.3) is 0 Å². The van der Waals surface area contributed by atoms with E-state index in [9.17, 15) is 9.59 Å². The Morgan fingerprint density at radius 3 is 2.67 bits per heavy atom. The maximum atomic E-state index is 13.4. The average molecular weight is 386 g/mol. The van der Waals surface area contributed by atoms with Gasteiger partial charge in [0.05, 0.1) is 10.6 Å². The molecule has 0 bridgehead atoms. The smallest absolute Gasteiger partial charge is 0.352 e. The molecule has 0 fully saturated rings. The largest absolute Gasteiger partial charge is 0.437 e. The third-order valence-corrected chi connectivity index (χ3v) is 5.98. The number of fused-ring (bicyclic) bond motifs is 1. The first-order valence-electron chi connectivity index (χ1n) is 9.43. The summed E-state index contributed by atoms with van der Waals surface area (Å²) in [7, 11) is 0. The van der Waals surface area contributed by atoms with Gasteiger partial charge in [-0.25, -0.2) is 4.79 Å². The normalized spacial score (nSPS) is 25.1. The standard InChI is InChI=1S/C22H27NO3S/c1-13-7-8-17(14(2)11-13)20(24)23-15(3)26-21(25)19-18(23)12-16(27-19)9-10-22(4,5)6/h7,12,14-15,17H,8,11H2,1-6H3/t14-,15?,17+/m0/s1. The molecule has 4 nitrogen and oxygen atoms in total. The Bertz CT molecular complexity index is 862.